The number of anilines is 1. The normalized spacial score (nSPS) is 11.5. The standard InChI is InChI=1S/C31H42N4O3/c1-8-9-10-23-11-13-24(14-12-23)30(37)34(20-22(2)3)21-29(36)32-28-19-27(31(4,5)6)33-35(28)25-15-17-26(38-7)18-16-25/h11-19,22H,8-10,20-21H2,1-7H3,(H,32,36). The third-order valence-electron chi connectivity index (χ3n) is 6.29. The lowest BCUT2D eigenvalue weighted by molar-refractivity contribution is -0.117. The molecule has 0 bridgehead atoms. The predicted octanol–water partition coefficient (Wildman–Crippen LogP) is 6.26. The third kappa shape index (κ3) is 7.70. The number of nitrogens with one attached hydrogen (secondary N) is 1. The fraction of sp³-hybridized carbons (Fsp3) is 0.452. The van der Waals surface area contributed by atoms with Gasteiger partial charge in [-0.3, -0.25) is 9.59 Å². The Morgan fingerprint density at radius 2 is 1.71 bits per heavy atom. The van der Waals surface area contributed by atoms with E-state index in [0.29, 0.717) is 17.9 Å². The number of unbranched alkanes of at least 4 members (excludes halogenated alkanes) is 1. The van der Waals surface area contributed by atoms with E-state index in [9.17, 15) is 9.59 Å². The highest BCUT2D eigenvalue weighted by Crippen LogP contribution is 2.27. The van der Waals surface area contributed by atoms with Crippen molar-refractivity contribution in [1.82, 2.24) is 14.7 Å². The monoisotopic (exact) mass is 518 g/mol. The number of methoxy groups -OCH3 is 1. The lowest BCUT2D eigenvalue weighted by Crippen LogP contribution is -2.40. The Morgan fingerprint density at radius 1 is 1.05 bits per heavy atom. The van der Waals surface area contributed by atoms with Crippen LogP contribution < -0.4 is 10.1 Å². The molecule has 2 aromatic carbocycles. The van der Waals surface area contributed by atoms with E-state index in [4.69, 9.17) is 9.84 Å². The second kappa shape index (κ2) is 12.8. The number of nitrogens with zero attached hydrogens (tertiary/aromatic N) is 3. The maximum atomic E-state index is 13.4. The summed E-state index contributed by atoms with van der Waals surface area (Å²) in [5.74, 6) is 1.10. The molecule has 0 spiro atoms. The van der Waals surface area contributed by atoms with Gasteiger partial charge in [0.2, 0.25) is 5.91 Å². The first-order chi connectivity index (χ1) is 18.0. The number of carbonyl (C=O) groups excluding carboxylic acids is 2. The molecule has 7 heteroatoms. The summed E-state index contributed by atoms with van der Waals surface area (Å²) in [6.07, 6.45) is 3.26. The molecule has 3 rings (SSSR count). The zero-order chi connectivity index (χ0) is 27.9. The average Bonchev–Trinajstić information content (AvgIpc) is 3.31. The third-order valence-corrected chi connectivity index (χ3v) is 6.29. The van der Waals surface area contributed by atoms with Crippen LogP contribution in [0.15, 0.2) is 54.6 Å². The summed E-state index contributed by atoms with van der Waals surface area (Å²) in [6, 6.07) is 17.2. The molecule has 0 fully saturated rings. The molecule has 7 nitrogen and oxygen atoms in total. The number of aromatic nitrogens is 2. The van der Waals surface area contributed by atoms with E-state index in [1.54, 1.807) is 16.7 Å². The van der Waals surface area contributed by atoms with Crippen molar-refractivity contribution >= 4 is 17.6 Å². The van der Waals surface area contributed by atoms with Gasteiger partial charge in [0.25, 0.3) is 5.91 Å². The Bertz CT molecular complexity index is 1210. The van der Waals surface area contributed by atoms with Gasteiger partial charge in [-0.05, 0) is 60.7 Å². The summed E-state index contributed by atoms with van der Waals surface area (Å²) < 4.78 is 7.00. The molecule has 2 amide bonds. The molecule has 0 saturated heterocycles. The van der Waals surface area contributed by atoms with Crippen LogP contribution in [0.3, 0.4) is 0 Å². The number of carbonyl (C=O) groups is 2. The van der Waals surface area contributed by atoms with Crippen molar-refractivity contribution in [2.75, 3.05) is 25.5 Å². The number of amides is 2. The van der Waals surface area contributed by atoms with Gasteiger partial charge in [0.15, 0.2) is 0 Å². The maximum Gasteiger partial charge on any atom is 0.254 e. The molecule has 3 aromatic rings. The minimum atomic E-state index is -0.270. The number of rotatable bonds is 11. The molecule has 1 N–H and O–H groups in total. The van der Waals surface area contributed by atoms with Gasteiger partial charge in [-0.1, -0.05) is 60.1 Å². The van der Waals surface area contributed by atoms with Gasteiger partial charge >= 0.3 is 0 Å². The van der Waals surface area contributed by atoms with Crippen molar-refractivity contribution in [2.24, 2.45) is 5.92 Å². The van der Waals surface area contributed by atoms with Gasteiger partial charge in [-0.25, -0.2) is 4.68 Å². The van der Waals surface area contributed by atoms with Crippen molar-refractivity contribution < 1.29 is 14.3 Å². The second-order valence-electron chi connectivity index (χ2n) is 11.2. The molecule has 0 saturated carbocycles. The second-order valence-corrected chi connectivity index (χ2v) is 11.2. The van der Waals surface area contributed by atoms with E-state index < -0.39 is 0 Å². The van der Waals surface area contributed by atoms with Crippen molar-refractivity contribution in [3.8, 4) is 11.4 Å². The summed E-state index contributed by atoms with van der Waals surface area (Å²) >= 11 is 0. The molecule has 0 aliphatic carbocycles. The molecule has 204 valence electrons. The number of aryl methyl sites for hydroxylation is 1. The van der Waals surface area contributed by atoms with Crippen LogP contribution in [-0.2, 0) is 16.6 Å². The first-order valence-corrected chi connectivity index (χ1v) is 13.4. The highest BCUT2D eigenvalue weighted by atomic mass is 16.5. The summed E-state index contributed by atoms with van der Waals surface area (Å²) in [7, 11) is 1.62. The van der Waals surface area contributed by atoms with Crippen LogP contribution >= 0.6 is 0 Å². The predicted molar refractivity (Wildman–Crippen MR) is 153 cm³/mol. The van der Waals surface area contributed by atoms with Crippen LogP contribution in [0.5, 0.6) is 5.75 Å². The largest absolute Gasteiger partial charge is 0.497 e. The van der Waals surface area contributed by atoms with Crippen molar-refractivity contribution in [3.05, 3.63) is 71.4 Å². The summed E-state index contributed by atoms with van der Waals surface area (Å²) in [5.41, 5.74) is 3.26. The molecule has 0 aliphatic rings. The molecule has 0 unspecified atom stereocenters. The maximum absolute atomic E-state index is 13.4. The van der Waals surface area contributed by atoms with Crippen molar-refractivity contribution in [3.63, 3.8) is 0 Å². The van der Waals surface area contributed by atoms with Crippen LogP contribution in [0.2, 0.25) is 0 Å². The molecule has 1 heterocycles. The molecular weight excluding hydrogens is 476 g/mol. The van der Waals surface area contributed by atoms with Gasteiger partial charge in [0.1, 0.15) is 18.1 Å². The summed E-state index contributed by atoms with van der Waals surface area (Å²) in [5, 5.41) is 7.79. The number of benzene rings is 2. The average molecular weight is 519 g/mol. The molecule has 1 aromatic heterocycles. The Kier molecular flexibility index (Phi) is 9.72. The highest BCUT2D eigenvalue weighted by molar-refractivity contribution is 5.99. The van der Waals surface area contributed by atoms with Crippen LogP contribution in [0.25, 0.3) is 5.69 Å². The Hall–Kier alpha value is -3.61. The van der Waals surface area contributed by atoms with Crippen molar-refractivity contribution in [2.45, 2.75) is 66.2 Å². The highest BCUT2D eigenvalue weighted by Gasteiger charge is 2.24. The smallest absolute Gasteiger partial charge is 0.254 e. The number of hydrogen-bond donors (Lipinski definition) is 1. The van der Waals surface area contributed by atoms with Gasteiger partial charge < -0.3 is 15.0 Å². The summed E-state index contributed by atoms with van der Waals surface area (Å²) in [6.45, 7) is 12.9. The number of hydrogen-bond acceptors (Lipinski definition) is 4. The van der Waals surface area contributed by atoms with Crippen LogP contribution in [0, 0.1) is 5.92 Å². The molecular formula is C31H42N4O3. The topological polar surface area (TPSA) is 76.5 Å². The zero-order valence-electron chi connectivity index (χ0n) is 23.9. The zero-order valence-corrected chi connectivity index (χ0v) is 23.9. The number of ether oxygens (including phenoxy) is 1. The van der Waals surface area contributed by atoms with Gasteiger partial charge in [0, 0.05) is 23.6 Å². The van der Waals surface area contributed by atoms with E-state index in [1.807, 2.05) is 68.4 Å². The molecule has 0 radical (unpaired) electrons. The Labute approximate surface area is 227 Å². The van der Waals surface area contributed by atoms with E-state index in [0.717, 1.165) is 36.4 Å². The first kappa shape index (κ1) is 29.0. The minimum Gasteiger partial charge on any atom is -0.497 e. The SMILES string of the molecule is CCCCc1ccc(C(=O)N(CC(=O)Nc2cc(C(C)(C)C)nn2-c2ccc(OC)cc2)CC(C)C)cc1. The van der Waals surface area contributed by atoms with Gasteiger partial charge in [-0.15, -0.1) is 0 Å². The van der Waals surface area contributed by atoms with E-state index in [-0.39, 0.29) is 29.7 Å². The molecule has 38 heavy (non-hydrogen) atoms. The molecule has 0 aliphatic heterocycles. The van der Waals surface area contributed by atoms with Crippen LogP contribution in [0.1, 0.15) is 76.0 Å². The lowest BCUT2D eigenvalue weighted by Gasteiger charge is -2.24. The quantitative estimate of drug-likeness (QED) is 0.325. The fourth-order valence-corrected chi connectivity index (χ4v) is 4.15. The first-order valence-electron chi connectivity index (χ1n) is 13.4. The van der Waals surface area contributed by atoms with Crippen molar-refractivity contribution in [1.29, 1.82) is 0 Å². The minimum absolute atomic E-state index is 0.0484. The van der Waals surface area contributed by atoms with E-state index in [1.165, 1.54) is 5.56 Å². The van der Waals surface area contributed by atoms with Crippen LogP contribution in [-0.4, -0.2) is 46.7 Å². The van der Waals surface area contributed by atoms with E-state index >= 15 is 0 Å². The van der Waals surface area contributed by atoms with Gasteiger partial charge in [0.05, 0.1) is 18.5 Å². The summed E-state index contributed by atoms with van der Waals surface area (Å²) in [4.78, 5) is 28.3. The van der Waals surface area contributed by atoms with E-state index in [2.05, 4.69) is 33.0 Å². The fourth-order valence-electron chi connectivity index (χ4n) is 4.15. The van der Waals surface area contributed by atoms with Crippen LogP contribution in [0.4, 0.5) is 5.82 Å². The molecule has 0 atom stereocenters. The lowest BCUT2D eigenvalue weighted by atomic mass is 9.92. The Balaban J connectivity index is 1.82. The van der Waals surface area contributed by atoms with Gasteiger partial charge in [-0.2, -0.15) is 5.10 Å². The Morgan fingerprint density at radius 3 is 2.26 bits per heavy atom.